The van der Waals surface area contributed by atoms with Crippen LogP contribution in [0.25, 0.3) is 0 Å². The van der Waals surface area contributed by atoms with Crippen LogP contribution in [0.15, 0.2) is 29.3 Å². The van der Waals surface area contributed by atoms with Crippen molar-refractivity contribution in [3.63, 3.8) is 0 Å². The lowest BCUT2D eigenvalue weighted by atomic mass is 9.95. The molecule has 0 saturated heterocycles. The third-order valence-electron chi connectivity index (χ3n) is 1.86. The first kappa shape index (κ1) is 9.62. The van der Waals surface area contributed by atoms with Gasteiger partial charge in [0.25, 0.3) is 0 Å². The molecule has 0 saturated carbocycles. The predicted octanol–water partition coefficient (Wildman–Crippen LogP) is 2.40. The molecule has 0 spiro atoms. The summed E-state index contributed by atoms with van der Waals surface area (Å²) in [7, 11) is 0. The summed E-state index contributed by atoms with van der Waals surface area (Å²) >= 11 is 0. The summed E-state index contributed by atoms with van der Waals surface area (Å²) in [5, 5.41) is 0. The second-order valence-corrected chi connectivity index (χ2v) is 3.27. The lowest BCUT2D eigenvalue weighted by molar-refractivity contribution is 0.518. The number of aliphatic imine (C=N–C) groups is 1. The van der Waals surface area contributed by atoms with Crippen LogP contribution in [-0.2, 0) is 10.3 Å². The van der Waals surface area contributed by atoms with E-state index in [2.05, 4.69) is 4.99 Å². The monoisotopic (exact) mass is 179 g/mol. The maximum absolute atomic E-state index is 12.8. The minimum absolute atomic E-state index is 0.327. The normalized spacial score (nSPS) is 10.7. The van der Waals surface area contributed by atoms with Gasteiger partial charge in [-0.05, 0) is 31.5 Å². The fourth-order valence-electron chi connectivity index (χ4n) is 1.05. The molecule has 3 heteroatoms. The Kier molecular flexibility index (Phi) is 2.59. The molecule has 0 N–H and O–H groups in total. The van der Waals surface area contributed by atoms with Crippen molar-refractivity contribution in [1.82, 2.24) is 0 Å². The maximum atomic E-state index is 12.8. The largest absolute Gasteiger partial charge is 0.235 e. The van der Waals surface area contributed by atoms with Crippen LogP contribution in [-0.4, -0.2) is 6.08 Å². The highest BCUT2D eigenvalue weighted by Crippen LogP contribution is 2.24. The van der Waals surface area contributed by atoms with Crippen LogP contribution in [0.3, 0.4) is 0 Å². The molecule has 0 aliphatic heterocycles. The van der Waals surface area contributed by atoms with Crippen LogP contribution in [0.4, 0.5) is 4.39 Å². The smallest absolute Gasteiger partial charge is 0.211 e. The van der Waals surface area contributed by atoms with E-state index in [4.69, 9.17) is 0 Å². The molecule has 0 aliphatic rings. The fraction of sp³-hybridized carbons (Fsp3) is 0.300. The van der Waals surface area contributed by atoms with E-state index < -0.39 is 5.54 Å². The van der Waals surface area contributed by atoms with Gasteiger partial charge >= 0.3 is 0 Å². The number of rotatable bonds is 2. The van der Waals surface area contributed by atoms with Gasteiger partial charge in [-0.25, -0.2) is 9.18 Å². The molecule has 1 aromatic rings. The van der Waals surface area contributed by atoms with Gasteiger partial charge in [0.1, 0.15) is 5.82 Å². The van der Waals surface area contributed by atoms with Crippen molar-refractivity contribution in [3.8, 4) is 0 Å². The van der Waals surface area contributed by atoms with Crippen LogP contribution >= 0.6 is 0 Å². The van der Waals surface area contributed by atoms with Crippen LogP contribution in [0, 0.1) is 5.82 Å². The van der Waals surface area contributed by atoms with Gasteiger partial charge in [-0.2, -0.15) is 4.99 Å². The van der Waals surface area contributed by atoms with E-state index in [9.17, 15) is 9.18 Å². The highest BCUT2D eigenvalue weighted by Gasteiger charge is 2.19. The zero-order valence-corrected chi connectivity index (χ0v) is 7.54. The average Bonchev–Trinajstić information content (AvgIpc) is 2.04. The Labute approximate surface area is 76.1 Å². The molecule has 0 atom stereocenters. The molecule has 0 unspecified atom stereocenters. The summed E-state index contributed by atoms with van der Waals surface area (Å²) in [5.41, 5.74) is -0.0417. The van der Waals surface area contributed by atoms with E-state index in [1.165, 1.54) is 18.2 Å². The van der Waals surface area contributed by atoms with Gasteiger partial charge in [-0.3, -0.25) is 0 Å². The maximum Gasteiger partial charge on any atom is 0.235 e. The first-order valence-corrected chi connectivity index (χ1v) is 3.91. The molecule has 0 fully saturated rings. The van der Waals surface area contributed by atoms with Gasteiger partial charge in [0.2, 0.25) is 6.08 Å². The third kappa shape index (κ3) is 2.23. The van der Waals surface area contributed by atoms with Crippen molar-refractivity contribution in [2.75, 3.05) is 0 Å². The van der Waals surface area contributed by atoms with Gasteiger partial charge < -0.3 is 0 Å². The molecule has 0 amide bonds. The first-order valence-electron chi connectivity index (χ1n) is 3.91. The highest BCUT2D eigenvalue weighted by molar-refractivity contribution is 5.37. The second-order valence-electron chi connectivity index (χ2n) is 3.27. The van der Waals surface area contributed by atoms with E-state index >= 15 is 0 Å². The molecule has 1 aromatic carbocycles. The van der Waals surface area contributed by atoms with E-state index in [0.717, 1.165) is 0 Å². The Hall–Kier alpha value is -1.47. The Morgan fingerprint density at radius 2 is 2.15 bits per heavy atom. The lowest BCUT2D eigenvalue weighted by Crippen LogP contribution is -2.13. The summed E-state index contributed by atoms with van der Waals surface area (Å²) in [5.74, 6) is -0.327. The van der Waals surface area contributed by atoms with Gasteiger partial charge in [0, 0.05) is 0 Å². The van der Waals surface area contributed by atoms with Crippen molar-refractivity contribution in [3.05, 3.63) is 35.6 Å². The Morgan fingerprint density at radius 1 is 1.46 bits per heavy atom. The summed E-state index contributed by atoms with van der Waals surface area (Å²) < 4.78 is 12.8. The van der Waals surface area contributed by atoms with Crippen molar-refractivity contribution >= 4 is 6.08 Å². The topological polar surface area (TPSA) is 29.4 Å². The highest BCUT2D eigenvalue weighted by atomic mass is 19.1. The minimum Gasteiger partial charge on any atom is -0.211 e. The molecule has 2 nitrogen and oxygen atoms in total. The van der Waals surface area contributed by atoms with Gasteiger partial charge in [-0.15, -0.1) is 0 Å². The fourth-order valence-corrected chi connectivity index (χ4v) is 1.05. The number of halogens is 1. The zero-order valence-electron chi connectivity index (χ0n) is 7.54. The van der Waals surface area contributed by atoms with Crippen LogP contribution in [0.5, 0.6) is 0 Å². The molecule has 0 aliphatic carbocycles. The summed E-state index contributed by atoms with van der Waals surface area (Å²) in [4.78, 5) is 13.7. The van der Waals surface area contributed by atoms with Crippen molar-refractivity contribution in [1.29, 1.82) is 0 Å². The number of hydrogen-bond acceptors (Lipinski definition) is 2. The summed E-state index contributed by atoms with van der Waals surface area (Å²) in [6.45, 7) is 3.46. The van der Waals surface area contributed by atoms with Crippen molar-refractivity contribution in [2.45, 2.75) is 19.4 Å². The molecule has 0 aromatic heterocycles. The molecule has 68 valence electrons. The van der Waals surface area contributed by atoms with Gasteiger partial charge in [0.15, 0.2) is 0 Å². The SMILES string of the molecule is CC(C)(N=C=O)c1cccc(F)c1. The molecule has 0 radical (unpaired) electrons. The average molecular weight is 179 g/mol. The lowest BCUT2D eigenvalue weighted by Gasteiger charge is -2.17. The zero-order chi connectivity index (χ0) is 9.90. The molecular weight excluding hydrogens is 169 g/mol. The molecule has 0 heterocycles. The van der Waals surface area contributed by atoms with Gasteiger partial charge in [-0.1, -0.05) is 12.1 Å². The van der Waals surface area contributed by atoms with Crippen LogP contribution in [0.2, 0.25) is 0 Å². The number of benzene rings is 1. The van der Waals surface area contributed by atoms with Crippen LogP contribution in [0.1, 0.15) is 19.4 Å². The Morgan fingerprint density at radius 3 is 2.69 bits per heavy atom. The standard InChI is InChI=1S/C10H10FNO/c1-10(2,12-7-13)8-4-3-5-9(11)6-8/h3-6H,1-2H3. The van der Waals surface area contributed by atoms with E-state index in [1.54, 1.807) is 26.0 Å². The molecule has 1 rings (SSSR count). The quantitative estimate of drug-likeness (QED) is 0.506. The predicted molar refractivity (Wildman–Crippen MR) is 47.5 cm³/mol. The Balaban J connectivity index is 3.13. The van der Waals surface area contributed by atoms with Crippen molar-refractivity contribution in [2.24, 2.45) is 4.99 Å². The number of isocyanates is 1. The van der Waals surface area contributed by atoms with E-state index in [0.29, 0.717) is 5.56 Å². The van der Waals surface area contributed by atoms with E-state index in [1.807, 2.05) is 0 Å². The summed E-state index contributed by atoms with van der Waals surface area (Å²) in [6.07, 6.45) is 1.48. The summed E-state index contributed by atoms with van der Waals surface area (Å²) in [6, 6.07) is 6.03. The minimum atomic E-state index is -0.705. The van der Waals surface area contributed by atoms with Crippen molar-refractivity contribution < 1.29 is 9.18 Å². The Bertz CT molecular complexity index is 354. The van der Waals surface area contributed by atoms with Gasteiger partial charge in [0.05, 0.1) is 5.54 Å². The molecule has 0 bridgehead atoms. The third-order valence-corrected chi connectivity index (χ3v) is 1.86. The number of carbonyl (C=O) groups excluding carboxylic acids is 1. The number of hydrogen-bond donors (Lipinski definition) is 0. The van der Waals surface area contributed by atoms with Crippen LogP contribution < -0.4 is 0 Å². The molecular formula is C10H10FNO. The second kappa shape index (κ2) is 3.50. The molecule has 13 heavy (non-hydrogen) atoms. The van der Waals surface area contributed by atoms with E-state index in [-0.39, 0.29) is 5.82 Å². The number of nitrogens with zero attached hydrogens (tertiary/aromatic N) is 1. The first-order chi connectivity index (χ1) is 6.06.